The van der Waals surface area contributed by atoms with Gasteiger partial charge < -0.3 is 4.57 Å². The maximum absolute atomic E-state index is 12.9. The van der Waals surface area contributed by atoms with E-state index in [0.717, 1.165) is 53.7 Å². The lowest BCUT2D eigenvalue weighted by molar-refractivity contribution is -0.123. The van der Waals surface area contributed by atoms with E-state index in [4.69, 9.17) is 0 Å². The van der Waals surface area contributed by atoms with Crippen molar-refractivity contribution >= 4 is 29.0 Å². The number of aryl methyl sites for hydroxylation is 2. The molecule has 0 unspecified atom stereocenters. The molecule has 2 aromatic rings. The van der Waals surface area contributed by atoms with E-state index in [1.807, 2.05) is 6.08 Å². The Balaban J connectivity index is 1.57. The van der Waals surface area contributed by atoms with Crippen LogP contribution < -0.4 is 0 Å². The number of hydrogen-bond acceptors (Lipinski definition) is 3. The molecule has 1 saturated carbocycles. The average molecular weight is 423 g/mol. The van der Waals surface area contributed by atoms with Gasteiger partial charge in [0, 0.05) is 23.6 Å². The molecule has 2 aliphatic rings. The molecule has 0 radical (unpaired) electrons. The van der Waals surface area contributed by atoms with Crippen LogP contribution in [0.5, 0.6) is 0 Å². The number of nitrogens with zero attached hydrogens (tertiary/aromatic N) is 2. The van der Waals surface area contributed by atoms with Crippen molar-refractivity contribution in [2.75, 3.05) is 6.54 Å². The van der Waals surface area contributed by atoms with Gasteiger partial charge in [-0.3, -0.25) is 14.5 Å². The minimum Gasteiger partial charge on any atom is -0.318 e. The van der Waals surface area contributed by atoms with Gasteiger partial charge in [-0.15, -0.1) is 0 Å². The maximum Gasteiger partial charge on any atom is 0.293 e. The van der Waals surface area contributed by atoms with Crippen molar-refractivity contribution in [1.29, 1.82) is 0 Å². The van der Waals surface area contributed by atoms with Crippen molar-refractivity contribution in [3.05, 3.63) is 57.8 Å². The average Bonchev–Trinajstić information content (AvgIpc) is 3.18. The fraction of sp³-hybridized carbons (Fsp3) is 0.440. The Labute approximate surface area is 183 Å². The molecule has 1 aliphatic heterocycles. The van der Waals surface area contributed by atoms with Crippen LogP contribution in [0.2, 0.25) is 0 Å². The topological polar surface area (TPSA) is 42.3 Å². The maximum atomic E-state index is 12.9. The number of benzene rings is 1. The first kappa shape index (κ1) is 21.0. The Morgan fingerprint density at radius 2 is 1.77 bits per heavy atom. The van der Waals surface area contributed by atoms with Crippen LogP contribution in [0.1, 0.15) is 61.5 Å². The van der Waals surface area contributed by atoms with Crippen LogP contribution in [-0.4, -0.2) is 27.2 Å². The van der Waals surface area contributed by atoms with Crippen LogP contribution in [0.15, 0.2) is 35.2 Å². The number of carbonyl (C=O) groups is 2. The summed E-state index contributed by atoms with van der Waals surface area (Å²) in [5.74, 6) is 0.329. The van der Waals surface area contributed by atoms with Crippen LogP contribution in [-0.2, 0) is 11.2 Å². The van der Waals surface area contributed by atoms with E-state index >= 15 is 0 Å². The van der Waals surface area contributed by atoms with Crippen molar-refractivity contribution < 1.29 is 9.59 Å². The number of carbonyl (C=O) groups excluding carboxylic acids is 2. The number of imide groups is 1. The van der Waals surface area contributed by atoms with Gasteiger partial charge in [0.1, 0.15) is 0 Å². The lowest BCUT2D eigenvalue weighted by atomic mass is 9.89. The number of hydrogen-bond donors (Lipinski definition) is 0. The van der Waals surface area contributed by atoms with Gasteiger partial charge in [0.2, 0.25) is 0 Å². The molecular weight excluding hydrogens is 392 g/mol. The highest BCUT2D eigenvalue weighted by atomic mass is 32.2. The molecule has 1 aliphatic carbocycles. The molecular formula is C25H30N2O2S. The van der Waals surface area contributed by atoms with E-state index < -0.39 is 0 Å². The van der Waals surface area contributed by atoms with E-state index in [2.05, 4.69) is 55.7 Å². The molecule has 1 saturated heterocycles. The molecule has 30 heavy (non-hydrogen) atoms. The summed E-state index contributed by atoms with van der Waals surface area (Å²) in [4.78, 5) is 27.5. The van der Waals surface area contributed by atoms with Gasteiger partial charge in [-0.05, 0) is 86.2 Å². The molecule has 0 atom stereocenters. The largest absolute Gasteiger partial charge is 0.318 e. The summed E-state index contributed by atoms with van der Waals surface area (Å²) in [6.07, 6.45) is 8.85. The predicted molar refractivity (Wildman–Crippen MR) is 124 cm³/mol. The van der Waals surface area contributed by atoms with Crippen LogP contribution >= 0.6 is 11.8 Å². The molecule has 4 nitrogen and oxygen atoms in total. The van der Waals surface area contributed by atoms with Crippen molar-refractivity contribution in [2.24, 2.45) is 5.92 Å². The van der Waals surface area contributed by atoms with Gasteiger partial charge in [0.15, 0.2) is 0 Å². The fourth-order valence-corrected chi connectivity index (χ4v) is 5.48. The summed E-state index contributed by atoms with van der Waals surface area (Å²) in [7, 11) is 0. The SMILES string of the molecule is CCc1ccc(-n2c(C)cc(/C=C3/SC(=O)N(CC4CCCCC4)C3=O)c2C)cc1. The third-order valence-corrected chi connectivity index (χ3v) is 7.31. The molecule has 0 spiro atoms. The standard InChI is InChI=1S/C25H30N2O2S/c1-4-19-10-12-22(13-11-19)27-17(2)14-21(18(27)3)15-23-24(28)26(25(29)30-23)16-20-8-6-5-7-9-20/h10-15,20H,4-9,16H2,1-3H3/b23-15+. The molecule has 2 fully saturated rings. The third-order valence-electron chi connectivity index (χ3n) is 6.40. The molecule has 1 aromatic heterocycles. The highest BCUT2D eigenvalue weighted by Crippen LogP contribution is 2.36. The summed E-state index contributed by atoms with van der Waals surface area (Å²) < 4.78 is 2.21. The summed E-state index contributed by atoms with van der Waals surface area (Å²) in [6.45, 7) is 6.87. The number of thioether (sulfide) groups is 1. The number of amides is 2. The van der Waals surface area contributed by atoms with Crippen molar-refractivity contribution in [2.45, 2.75) is 59.3 Å². The van der Waals surface area contributed by atoms with Gasteiger partial charge >= 0.3 is 0 Å². The minimum absolute atomic E-state index is 0.124. The third kappa shape index (κ3) is 4.13. The van der Waals surface area contributed by atoms with Crippen LogP contribution in [0.3, 0.4) is 0 Å². The summed E-state index contributed by atoms with van der Waals surface area (Å²) in [5.41, 5.74) is 5.62. The van der Waals surface area contributed by atoms with Crippen LogP contribution in [0.4, 0.5) is 4.79 Å². The second kappa shape index (κ2) is 8.84. The Morgan fingerprint density at radius 3 is 2.43 bits per heavy atom. The smallest absolute Gasteiger partial charge is 0.293 e. The normalized spacial score (nSPS) is 19.3. The van der Waals surface area contributed by atoms with Crippen molar-refractivity contribution in [1.82, 2.24) is 9.47 Å². The molecule has 2 amide bonds. The first-order chi connectivity index (χ1) is 14.5. The Bertz CT molecular complexity index is 981. The summed E-state index contributed by atoms with van der Waals surface area (Å²) in [5, 5.41) is -0.124. The van der Waals surface area contributed by atoms with Gasteiger partial charge in [-0.1, -0.05) is 38.3 Å². The second-order valence-corrected chi connectivity index (χ2v) is 9.47. The monoisotopic (exact) mass is 422 g/mol. The van der Waals surface area contributed by atoms with Crippen LogP contribution in [0.25, 0.3) is 11.8 Å². The van der Waals surface area contributed by atoms with E-state index in [9.17, 15) is 9.59 Å². The van der Waals surface area contributed by atoms with E-state index in [1.54, 1.807) is 0 Å². The van der Waals surface area contributed by atoms with E-state index in [0.29, 0.717) is 17.4 Å². The highest BCUT2D eigenvalue weighted by Gasteiger charge is 2.36. The Hall–Kier alpha value is -2.27. The Morgan fingerprint density at radius 1 is 1.07 bits per heavy atom. The zero-order valence-electron chi connectivity index (χ0n) is 18.1. The van der Waals surface area contributed by atoms with E-state index in [1.165, 1.54) is 29.7 Å². The molecule has 2 heterocycles. The fourth-order valence-electron chi connectivity index (χ4n) is 4.64. The van der Waals surface area contributed by atoms with Crippen LogP contribution in [0, 0.1) is 19.8 Å². The molecule has 0 N–H and O–H groups in total. The number of aromatic nitrogens is 1. The quantitative estimate of drug-likeness (QED) is 0.533. The first-order valence-electron chi connectivity index (χ1n) is 11.0. The summed E-state index contributed by atoms with van der Waals surface area (Å²) in [6, 6.07) is 10.7. The molecule has 1 aromatic carbocycles. The van der Waals surface area contributed by atoms with Gasteiger partial charge in [0.05, 0.1) is 4.91 Å². The molecule has 4 rings (SSSR count). The zero-order chi connectivity index (χ0) is 21.3. The first-order valence-corrected chi connectivity index (χ1v) is 11.8. The lowest BCUT2D eigenvalue weighted by Gasteiger charge is -2.25. The lowest BCUT2D eigenvalue weighted by Crippen LogP contribution is -2.34. The molecule has 5 heteroatoms. The molecule has 158 valence electrons. The highest BCUT2D eigenvalue weighted by molar-refractivity contribution is 8.18. The Kier molecular flexibility index (Phi) is 6.19. The predicted octanol–water partition coefficient (Wildman–Crippen LogP) is 6.27. The van der Waals surface area contributed by atoms with Crippen molar-refractivity contribution in [3.8, 4) is 5.69 Å². The number of rotatable bonds is 5. The van der Waals surface area contributed by atoms with Gasteiger partial charge in [-0.25, -0.2) is 0 Å². The van der Waals surface area contributed by atoms with Gasteiger partial charge in [-0.2, -0.15) is 0 Å². The van der Waals surface area contributed by atoms with Gasteiger partial charge in [0.25, 0.3) is 11.1 Å². The van der Waals surface area contributed by atoms with E-state index in [-0.39, 0.29) is 11.1 Å². The zero-order valence-corrected chi connectivity index (χ0v) is 18.9. The summed E-state index contributed by atoms with van der Waals surface area (Å²) >= 11 is 1.08. The second-order valence-electron chi connectivity index (χ2n) is 8.48. The minimum atomic E-state index is -0.132. The molecule has 0 bridgehead atoms. The van der Waals surface area contributed by atoms with Crippen molar-refractivity contribution in [3.63, 3.8) is 0 Å².